The van der Waals surface area contributed by atoms with E-state index in [2.05, 4.69) is 10.5 Å². The average molecular weight is 373 g/mol. The van der Waals surface area contributed by atoms with Crippen LogP contribution in [0.15, 0.2) is 41.5 Å². The fourth-order valence-corrected chi connectivity index (χ4v) is 2.46. The quantitative estimate of drug-likeness (QED) is 0.462. The maximum absolute atomic E-state index is 12.2. The number of amides is 1. The van der Waals surface area contributed by atoms with Crippen molar-refractivity contribution >= 4 is 17.8 Å². The molecule has 10 nitrogen and oxygen atoms in total. The lowest BCUT2D eigenvalue weighted by Gasteiger charge is -2.24. The Hall–Kier alpha value is -3.82. The topological polar surface area (TPSA) is 133 Å². The molecule has 0 aromatic heterocycles. The Kier molecular flexibility index (Phi) is 5.06. The minimum absolute atomic E-state index is 0.00550. The Morgan fingerprint density at radius 3 is 2.81 bits per heavy atom. The minimum atomic E-state index is -0.915. The molecular weight excluding hydrogens is 358 g/mol. The van der Waals surface area contributed by atoms with Gasteiger partial charge >= 0.3 is 5.69 Å². The number of hydrazone groups is 1. The SMILES string of the molecule is COc1c(O)ccc(/C=N/NC(=O)C2COc3ccccc3O2)c1[N+](=O)[O-]. The highest BCUT2D eigenvalue weighted by atomic mass is 16.6. The number of hydrogen-bond acceptors (Lipinski definition) is 8. The third-order valence-electron chi connectivity index (χ3n) is 3.71. The lowest BCUT2D eigenvalue weighted by Crippen LogP contribution is -2.42. The van der Waals surface area contributed by atoms with Gasteiger partial charge in [-0.15, -0.1) is 0 Å². The molecule has 0 spiro atoms. The fourth-order valence-electron chi connectivity index (χ4n) is 2.46. The van der Waals surface area contributed by atoms with Gasteiger partial charge in [0.2, 0.25) is 11.9 Å². The van der Waals surface area contributed by atoms with Crippen molar-refractivity contribution in [2.75, 3.05) is 13.7 Å². The van der Waals surface area contributed by atoms with Gasteiger partial charge in [0.1, 0.15) is 6.61 Å². The molecule has 2 aromatic carbocycles. The summed E-state index contributed by atoms with van der Waals surface area (Å²) in [7, 11) is 1.20. The molecule has 140 valence electrons. The number of hydrogen-bond donors (Lipinski definition) is 2. The third kappa shape index (κ3) is 3.73. The first-order valence-corrected chi connectivity index (χ1v) is 7.77. The van der Waals surface area contributed by atoms with Crippen molar-refractivity contribution in [2.45, 2.75) is 6.10 Å². The summed E-state index contributed by atoms with van der Waals surface area (Å²) in [6, 6.07) is 9.43. The zero-order valence-corrected chi connectivity index (χ0v) is 14.1. The van der Waals surface area contributed by atoms with Crippen LogP contribution < -0.4 is 19.6 Å². The van der Waals surface area contributed by atoms with E-state index in [0.717, 1.165) is 6.21 Å². The summed E-state index contributed by atoms with van der Waals surface area (Å²) in [5.41, 5.74) is 1.82. The van der Waals surface area contributed by atoms with E-state index in [1.165, 1.54) is 19.2 Å². The van der Waals surface area contributed by atoms with Crippen molar-refractivity contribution in [3.63, 3.8) is 0 Å². The number of nitrogens with zero attached hydrogens (tertiary/aromatic N) is 2. The second-order valence-corrected chi connectivity index (χ2v) is 5.41. The van der Waals surface area contributed by atoms with Crippen LogP contribution in [0.2, 0.25) is 0 Å². The van der Waals surface area contributed by atoms with Crippen LogP contribution in [0.1, 0.15) is 5.56 Å². The predicted octanol–water partition coefficient (Wildman–Crippen LogP) is 1.60. The third-order valence-corrected chi connectivity index (χ3v) is 3.71. The Balaban J connectivity index is 1.71. The molecule has 0 saturated carbocycles. The highest BCUT2D eigenvalue weighted by Gasteiger charge is 2.27. The zero-order chi connectivity index (χ0) is 19.4. The van der Waals surface area contributed by atoms with Crippen molar-refractivity contribution < 1.29 is 29.0 Å². The average Bonchev–Trinajstić information content (AvgIpc) is 2.68. The van der Waals surface area contributed by atoms with Crippen LogP contribution in [0.5, 0.6) is 23.0 Å². The Morgan fingerprint density at radius 1 is 1.37 bits per heavy atom. The van der Waals surface area contributed by atoms with Crippen LogP contribution in [0.25, 0.3) is 0 Å². The molecule has 2 N–H and O–H groups in total. The van der Waals surface area contributed by atoms with Crippen LogP contribution in [0.4, 0.5) is 5.69 Å². The molecule has 0 bridgehead atoms. The molecule has 0 radical (unpaired) electrons. The summed E-state index contributed by atoms with van der Waals surface area (Å²) >= 11 is 0. The van der Waals surface area contributed by atoms with E-state index in [-0.39, 0.29) is 23.7 Å². The molecular formula is C17H15N3O7. The summed E-state index contributed by atoms with van der Waals surface area (Å²) in [5, 5.41) is 24.6. The summed E-state index contributed by atoms with van der Waals surface area (Å²) < 4.78 is 15.8. The number of ether oxygens (including phenoxy) is 3. The van der Waals surface area contributed by atoms with Gasteiger partial charge in [0, 0.05) is 0 Å². The van der Waals surface area contributed by atoms with E-state index in [1.54, 1.807) is 24.3 Å². The maximum atomic E-state index is 12.2. The van der Waals surface area contributed by atoms with E-state index in [9.17, 15) is 20.0 Å². The molecule has 1 unspecified atom stereocenters. The van der Waals surface area contributed by atoms with Crippen molar-refractivity contribution in [3.8, 4) is 23.0 Å². The Morgan fingerprint density at radius 2 is 2.11 bits per heavy atom. The van der Waals surface area contributed by atoms with Gasteiger partial charge in [0.05, 0.1) is 23.8 Å². The van der Waals surface area contributed by atoms with Gasteiger partial charge in [-0.2, -0.15) is 5.10 Å². The number of aromatic hydroxyl groups is 1. The summed E-state index contributed by atoms with van der Waals surface area (Å²) in [5.74, 6) is -0.273. The lowest BCUT2D eigenvalue weighted by molar-refractivity contribution is -0.386. The van der Waals surface area contributed by atoms with Crippen molar-refractivity contribution in [2.24, 2.45) is 5.10 Å². The molecule has 0 saturated heterocycles. The normalized spacial score (nSPS) is 15.4. The number of rotatable bonds is 5. The van der Waals surface area contributed by atoms with Crippen LogP contribution >= 0.6 is 0 Å². The molecule has 1 aliphatic rings. The first-order chi connectivity index (χ1) is 13.0. The minimum Gasteiger partial charge on any atom is -0.504 e. The Bertz CT molecular complexity index is 913. The van der Waals surface area contributed by atoms with E-state index in [1.807, 2.05) is 0 Å². The number of benzene rings is 2. The van der Waals surface area contributed by atoms with Gasteiger partial charge in [-0.1, -0.05) is 12.1 Å². The molecule has 1 aliphatic heterocycles. The standard InChI is InChI=1S/C17H15N3O7/c1-25-16-11(21)7-6-10(15(16)20(23)24)8-18-19-17(22)14-9-26-12-4-2-3-5-13(12)27-14/h2-8,14,21H,9H2,1H3,(H,19,22)/b18-8+. The van der Waals surface area contributed by atoms with Gasteiger partial charge in [-0.25, -0.2) is 5.43 Å². The van der Waals surface area contributed by atoms with Gasteiger partial charge in [0.25, 0.3) is 5.91 Å². The van der Waals surface area contributed by atoms with Gasteiger partial charge in [-0.3, -0.25) is 14.9 Å². The number of nitro benzene ring substituents is 1. The molecule has 2 aromatic rings. The van der Waals surface area contributed by atoms with Crippen LogP contribution in [-0.2, 0) is 4.79 Å². The number of phenols is 1. The smallest absolute Gasteiger partial charge is 0.323 e. The van der Waals surface area contributed by atoms with Gasteiger partial charge in [0.15, 0.2) is 17.2 Å². The molecule has 1 heterocycles. The predicted molar refractivity (Wildman–Crippen MR) is 93.4 cm³/mol. The summed E-state index contributed by atoms with van der Waals surface area (Å²) in [4.78, 5) is 22.7. The Labute approximate surface area is 153 Å². The van der Waals surface area contributed by atoms with Crippen LogP contribution in [-0.4, -0.2) is 42.0 Å². The van der Waals surface area contributed by atoms with Crippen molar-refractivity contribution in [3.05, 3.63) is 52.1 Å². The first kappa shape index (κ1) is 18.0. The van der Waals surface area contributed by atoms with Gasteiger partial charge < -0.3 is 19.3 Å². The number of para-hydroxylation sites is 2. The highest BCUT2D eigenvalue weighted by molar-refractivity contribution is 5.90. The first-order valence-electron chi connectivity index (χ1n) is 7.77. The number of nitrogens with one attached hydrogen (secondary N) is 1. The number of nitro groups is 1. The highest BCUT2D eigenvalue weighted by Crippen LogP contribution is 2.38. The number of carbonyl (C=O) groups is 1. The van der Waals surface area contributed by atoms with Crippen molar-refractivity contribution in [1.29, 1.82) is 0 Å². The fraction of sp³-hybridized carbons (Fsp3) is 0.176. The largest absolute Gasteiger partial charge is 0.504 e. The second-order valence-electron chi connectivity index (χ2n) is 5.41. The van der Waals surface area contributed by atoms with Gasteiger partial charge in [-0.05, 0) is 24.3 Å². The number of phenolic OH excluding ortho intramolecular Hbond substituents is 1. The maximum Gasteiger partial charge on any atom is 0.323 e. The summed E-state index contributed by atoms with van der Waals surface area (Å²) in [6.45, 7) is 0.00550. The molecule has 10 heteroatoms. The molecule has 0 aliphatic carbocycles. The van der Waals surface area contributed by atoms with Crippen LogP contribution in [0.3, 0.4) is 0 Å². The van der Waals surface area contributed by atoms with Crippen LogP contribution in [0, 0.1) is 10.1 Å². The van der Waals surface area contributed by atoms with E-state index in [0.29, 0.717) is 11.5 Å². The number of fused-ring (bicyclic) bond motifs is 1. The lowest BCUT2D eigenvalue weighted by atomic mass is 10.1. The monoisotopic (exact) mass is 373 g/mol. The molecule has 1 amide bonds. The molecule has 1 atom stereocenters. The summed E-state index contributed by atoms with van der Waals surface area (Å²) in [6.07, 6.45) is 0.164. The van der Waals surface area contributed by atoms with E-state index < -0.39 is 22.6 Å². The van der Waals surface area contributed by atoms with E-state index in [4.69, 9.17) is 14.2 Å². The number of carbonyl (C=O) groups excluding carboxylic acids is 1. The zero-order valence-electron chi connectivity index (χ0n) is 14.1. The molecule has 0 fully saturated rings. The number of methoxy groups -OCH3 is 1. The molecule has 27 heavy (non-hydrogen) atoms. The molecule has 3 rings (SSSR count). The van der Waals surface area contributed by atoms with E-state index >= 15 is 0 Å². The van der Waals surface area contributed by atoms with Crippen molar-refractivity contribution in [1.82, 2.24) is 5.43 Å². The second kappa shape index (κ2) is 7.60.